The Bertz CT molecular complexity index is 401. The first-order valence-corrected chi connectivity index (χ1v) is 8.68. The van der Waals surface area contributed by atoms with E-state index in [-0.39, 0.29) is 5.60 Å². The van der Waals surface area contributed by atoms with Crippen LogP contribution in [-0.4, -0.2) is 31.4 Å². The Morgan fingerprint density at radius 1 is 1.14 bits per heavy atom. The minimum atomic E-state index is 0.0979. The number of unbranched alkanes of at least 4 members (excludes halogenated alkanes) is 1. The Labute approximate surface area is 135 Å². The average molecular weight is 305 g/mol. The van der Waals surface area contributed by atoms with Gasteiger partial charge in [-0.25, -0.2) is 0 Å². The molecule has 0 radical (unpaired) electrons. The first-order valence-electron chi connectivity index (χ1n) is 8.68. The van der Waals surface area contributed by atoms with Gasteiger partial charge in [-0.15, -0.1) is 0 Å². The number of rotatable bonds is 9. The Morgan fingerprint density at radius 2 is 1.86 bits per heavy atom. The smallest absolute Gasteiger partial charge is 0.0720 e. The Hall–Kier alpha value is -0.900. The zero-order chi connectivity index (χ0) is 15.7. The van der Waals surface area contributed by atoms with Gasteiger partial charge in [0.05, 0.1) is 18.3 Å². The second kappa shape index (κ2) is 9.29. The summed E-state index contributed by atoms with van der Waals surface area (Å²) in [6.07, 6.45) is 5.98. The summed E-state index contributed by atoms with van der Waals surface area (Å²) < 4.78 is 12.0. The molecule has 0 aromatic heterocycles. The molecule has 0 saturated carbocycles. The molecule has 124 valence electrons. The summed E-state index contributed by atoms with van der Waals surface area (Å²) in [5, 5.41) is 3.39. The number of piperidine rings is 1. The highest BCUT2D eigenvalue weighted by atomic mass is 16.5. The second-order valence-electron chi connectivity index (χ2n) is 6.65. The zero-order valence-corrected chi connectivity index (χ0v) is 14.1. The lowest BCUT2D eigenvalue weighted by Gasteiger charge is -2.34. The van der Waals surface area contributed by atoms with Crippen molar-refractivity contribution in [2.75, 3.05) is 19.7 Å². The molecule has 1 aromatic carbocycles. The van der Waals surface area contributed by atoms with Crippen molar-refractivity contribution in [3.05, 3.63) is 35.9 Å². The number of nitrogens with one attached hydrogen (secondary N) is 1. The maximum Gasteiger partial charge on any atom is 0.0720 e. The maximum absolute atomic E-state index is 6.10. The number of ether oxygens (including phenoxy) is 2. The fourth-order valence-corrected chi connectivity index (χ4v) is 2.85. The second-order valence-corrected chi connectivity index (χ2v) is 6.65. The van der Waals surface area contributed by atoms with Crippen LogP contribution in [0.25, 0.3) is 0 Å². The van der Waals surface area contributed by atoms with Crippen LogP contribution in [0.1, 0.15) is 51.5 Å². The number of hydrogen-bond acceptors (Lipinski definition) is 3. The predicted molar refractivity (Wildman–Crippen MR) is 91.0 cm³/mol. The Kier molecular flexibility index (Phi) is 7.37. The lowest BCUT2D eigenvalue weighted by molar-refractivity contribution is -0.0538. The van der Waals surface area contributed by atoms with Crippen LogP contribution in [0.4, 0.5) is 0 Å². The van der Waals surface area contributed by atoms with Crippen molar-refractivity contribution < 1.29 is 9.47 Å². The molecule has 1 aliphatic heterocycles. The van der Waals surface area contributed by atoms with E-state index in [4.69, 9.17) is 9.47 Å². The lowest BCUT2D eigenvalue weighted by atomic mass is 9.94. The van der Waals surface area contributed by atoms with Crippen LogP contribution in [-0.2, 0) is 16.1 Å². The maximum atomic E-state index is 6.10. The molecule has 0 aliphatic carbocycles. The molecule has 0 spiro atoms. The molecule has 1 saturated heterocycles. The molecule has 1 atom stereocenters. The van der Waals surface area contributed by atoms with Gasteiger partial charge in [-0.2, -0.15) is 0 Å². The summed E-state index contributed by atoms with van der Waals surface area (Å²) in [6.45, 7) is 8.17. The molecule has 0 unspecified atom stereocenters. The third-order valence-corrected chi connectivity index (χ3v) is 4.49. The van der Waals surface area contributed by atoms with Gasteiger partial charge in [0, 0.05) is 6.61 Å². The molecule has 1 heterocycles. The highest BCUT2D eigenvalue weighted by molar-refractivity contribution is 5.13. The summed E-state index contributed by atoms with van der Waals surface area (Å²) in [4.78, 5) is 0. The zero-order valence-electron chi connectivity index (χ0n) is 14.1. The van der Waals surface area contributed by atoms with Gasteiger partial charge in [0.2, 0.25) is 0 Å². The van der Waals surface area contributed by atoms with Crippen molar-refractivity contribution in [1.29, 1.82) is 0 Å². The molecule has 3 heteroatoms. The summed E-state index contributed by atoms with van der Waals surface area (Å²) in [6, 6.07) is 10.4. The fraction of sp³-hybridized carbons (Fsp3) is 0.684. The van der Waals surface area contributed by atoms with Crippen molar-refractivity contribution in [2.24, 2.45) is 0 Å². The summed E-state index contributed by atoms with van der Waals surface area (Å²) >= 11 is 0. The molecule has 1 N–H and O–H groups in total. The highest BCUT2D eigenvalue weighted by Crippen LogP contribution is 2.22. The molecule has 1 aromatic rings. The summed E-state index contributed by atoms with van der Waals surface area (Å²) in [5.74, 6) is 0. The van der Waals surface area contributed by atoms with E-state index in [0.717, 1.165) is 45.4 Å². The number of benzene rings is 1. The van der Waals surface area contributed by atoms with Crippen LogP contribution < -0.4 is 5.32 Å². The van der Waals surface area contributed by atoms with E-state index in [0.29, 0.717) is 12.7 Å². The lowest BCUT2D eigenvalue weighted by Crippen LogP contribution is -2.41. The summed E-state index contributed by atoms with van der Waals surface area (Å²) in [5.41, 5.74) is 1.34. The van der Waals surface area contributed by atoms with Crippen LogP contribution in [0.3, 0.4) is 0 Å². The molecule has 22 heavy (non-hydrogen) atoms. The third-order valence-electron chi connectivity index (χ3n) is 4.49. The quantitative estimate of drug-likeness (QED) is 0.701. The molecular weight excluding hydrogens is 274 g/mol. The topological polar surface area (TPSA) is 30.5 Å². The molecule has 3 nitrogen and oxygen atoms in total. The van der Waals surface area contributed by atoms with E-state index in [1.54, 1.807) is 0 Å². The molecule has 0 amide bonds. The SMILES string of the molecule is C[C@H](CCCCOC1(C)CCNCC1)OCc1ccccc1. The first kappa shape index (κ1) is 17.5. The van der Waals surface area contributed by atoms with Gasteiger partial charge >= 0.3 is 0 Å². The summed E-state index contributed by atoms with van der Waals surface area (Å²) in [7, 11) is 0. The van der Waals surface area contributed by atoms with Crippen molar-refractivity contribution in [2.45, 2.75) is 64.3 Å². The molecule has 1 aliphatic rings. The number of hydrogen-bond donors (Lipinski definition) is 1. The fourth-order valence-electron chi connectivity index (χ4n) is 2.85. The van der Waals surface area contributed by atoms with E-state index >= 15 is 0 Å². The minimum Gasteiger partial charge on any atom is -0.375 e. The van der Waals surface area contributed by atoms with Gasteiger partial charge in [0.1, 0.15) is 0 Å². The van der Waals surface area contributed by atoms with E-state index in [1.807, 2.05) is 6.07 Å². The third kappa shape index (κ3) is 6.47. The van der Waals surface area contributed by atoms with Gasteiger partial charge in [-0.1, -0.05) is 30.3 Å². The molecule has 0 bridgehead atoms. The molecular formula is C19H31NO2. The average Bonchev–Trinajstić information content (AvgIpc) is 2.54. The van der Waals surface area contributed by atoms with Crippen LogP contribution in [0, 0.1) is 0 Å². The van der Waals surface area contributed by atoms with Crippen LogP contribution in [0.15, 0.2) is 30.3 Å². The van der Waals surface area contributed by atoms with Crippen molar-refractivity contribution in [3.8, 4) is 0 Å². The monoisotopic (exact) mass is 305 g/mol. The van der Waals surface area contributed by atoms with Gasteiger partial charge < -0.3 is 14.8 Å². The van der Waals surface area contributed by atoms with Gasteiger partial charge in [0.15, 0.2) is 0 Å². The van der Waals surface area contributed by atoms with Crippen LogP contribution in [0.5, 0.6) is 0 Å². The molecule has 1 fully saturated rings. The van der Waals surface area contributed by atoms with E-state index in [2.05, 4.69) is 43.4 Å². The highest BCUT2D eigenvalue weighted by Gasteiger charge is 2.26. The van der Waals surface area contributed by atoms with Crippen molar-refractivity contribution in [1.82, 2.24) is 5.32 Å². The van der Waals surface area contributed by atoms with Gasteiger partial charge in [-0.05, 0) is 64.6 Å². The first-order chi connectivity index (χ1) is 10.7. The largest absolute Gasteiger partial charge is 0.375 e. The predicted octanol–water partition coefficient (Wildman–Crippen LogP) is 3.92. The van der Waals surface area contributed by atoms with E-state index < -0.39 is 0 Å². The van der Waals surface area contributed by atoms with Crippen molar-refractivity contribution in [3.63, 3.8) is 0 Å². The molecule has 2 rings (SSSR count). The minimum absolute atomic E-state index is 0.0979. The van der Waals surface area contributed by atoms with Crippen molar-refractivity contribution >= 4 is 0 Å². The van der Waals surface area contributed by atoms with Crippen LogP contribution in [0.2, 0.25) is 0 Å². The van der Waals surface area contributed by atoms with Gasteiger partial charge in [-0.3, -0.25) is 0 Å². The standard InChI is InChI=1S/C19H31NO2/c1-17(21-16-18-9-4-3-5-10-18)8-6-7-15-22-19(2)11-13-20-14-12-19/h3-5,9-10,17,20H,6-8,11-16H2,1-2H3/t17-/m1/s1. The Morgan fingerprint density at radius 3 is 2.59 bits per heavy atom. The Balaban J connectivity index is 1.51. The van der Waals surface area contributed by atoms with Crippen LogP contribution >= 0.6 is 0 Å². The van der Waals surface area contributed by atoms with E-state index in [9.17, 15) is 0 Å². The normalized spacial score (nSPS) is 19.0. The van der Waals surface area contributed by atoms with Gasteiger partial charge in [0.25, 0.3) is 0 Å². The van der Waals surface area contributed by atoms with E-state index in [1.165, 1.54) is 12.0 Å².